The van der Waals surface area contributed by atoms with Gasteiger partial charge in [-0.15, -0.1) is 0 Å². The first kappa shape index (κ1) is 12.0. The fourth-order valence-corrected chi connectivity index (χ4v) is 2.32. The second-order valence-electron chi connectivity index (χ2n) is 4.61. The molecule has 1 aliphatic heterocycles. The number of benzene rings is 1. The second kappa shape index (κ2) is 4.93. The molecule has 1 unspecified atom stereocenters. The lowest BCUT2D eigenvalue weighted by Crippen LogP contribution is -2.24. The zero-order valence-electron chi connectivity index (χ0n) is 10.7. The minimum absolute atomic E-state index is 0.0491. The summed E-state index contributed by atoms with van der Waals surface area (Å²) in [5.74, 6) is 1.64. The van der Waals surface area contributed by atoms with Crippen LogP contribution in [0.1, 0.15) is 18.2 Å². The van der Waals surface area contributed by atoms with Crippen LogP contribution in [0.25, 0.3) is 11.0 Å². The number of hydrogen-bond acceptors (Lipinski definition) is 4. The molecule has 5 nitrogen and oxygen atoms in total. The summed E-state index contributed by atoms with van der Waals surface area (Å²) in [6.07, 6.45) is 0.400. The highest BCUT2D eigenvalue weighted by Crippen LogP contribution is 2.28. The maximum atomic E-state index is 11.6. The second-order valence-corrected chi connectivity index (χ2v) is 4.61. The summed E-state index contributed by atoms with van der Waals surface area (Å²) in [7, 11) is 1.64. The van der Waals surface area contributed by atoms with E-state index in [-0.39, 0.29) is 11.9 Å². The molecule has 0 bridgehead atoms. The monoisotopic (exact) mass is 260 g/mol. The van der Waals surface area contributed by atoms with Gasteiger partial charge in [-0.2, -0.15) is 0 Å². The first-order valence-electron chi connectivity index (χ1n) is 6.34. The maximum Gasteiger partial charge on any atom is 0.222 e. The van der Waals surface area contributed by atoms with E-state index in [2.05, 4.69) is 10.6 Å². The Bertz CT molecular complexity index is 606. The molecule has 2 heterocycles. The Morgan fingerprint density at radius 1 is 1.32 bits per heavy atom. The number of fused-ring (bicyclic) bond motifs is 1. The van der Waals surface area contributed by atoms with E-state index in [1.54, 1.807) is 7.11 Å². The molecule has 5 heteroatoms. The van der Waals surface area contributed by atoms with E-state index in [0.29, 0.717) is 13.0 Å². The van der Waals surface area contributed by atoms with Gasteiger partial charge in [-0.25, -0.2) is 0 Å². The minimum atomic E-state index is -0.0686. The normalized spacial score (nSPS) is 20.1. The lowest BCUT2D eigenvalue weighted by atomic mass is 10.1. The summed E-state index contributed by atoms with van der Waals surface area (Å²) in [6, 6.07) is 7.57. The van der Waals surface area contributed by atoms with Crippen LogP contribution in [0.4, 0.5) is 0 Å². The molecule has 0 spiro atoms. The molecule has 1 aromatic carbocycles. The van der Waals surface area contributed by atoms with Gasteiger partial charge in [0.25, 0.3) is 0 Å². The Hall–Kier alpha value is -2.01. The Morgan fingerprint density at radius 3 is 3.05 bits per heavy atom. The highest BCUT2D eigenvalue weighted by molar-refractivity contribution is 5.80. The van der Waals surface area contributed by atoms with Gasteiger partial charge < -0.3 is 19.8 Å². The summed E-state index contributed by atoms with van der Waals surface area (Å²) < 4.78 is 11.0. The highest BCUT2D eigenvalue weighted by atomic mass is 16.5. The van der Waals surface area contributed by atoms with Gasteiger partial charge in [-0.3, -0.25) is 4.79 Å². The molecule has 3 rings (SSSR count). The molecular weight excluding hydrogens is 244 g/mol. The van der Waals surface area contributed by atoms with E-state index < -0.39 is 0 Å². The predicted octanol–water partition coefficient (Wildman–Crippen LogP) is 1.59. The number of rotatable bonds is 2. The number of amides is 1. The minimum Gasteiger partial charge on any atom is -0.497 e. The SMILES string of the molecule is COc1ccc2oc(C3CC(=O)NCCN3)cc2c1. The van der Waals surface area contributed by atoms with Crippen LogP contribution in [0.15, 0.2) is 28.7 Å². The van der Waals surface area contributed by atoms with Crippen molar-refractivity contribution in [2.45, 2.75) is 12.5 Å². The average molecular weight is 260 g/mol. The number of furan rings is 1. The Balaban J connectivity index is 1.93. The van der Waals surface area contributed by atoms with Crippen LogP contribution in [0.3, 0.4) is 0 Å². The topological polar surface area (TPSA) is 63.5 Å². The van der Waals surface area contributed by atoms with E-state index in [9.17, 15) is 4.79 Å². The standard InChI is InChI=1S/C14H16N2O3/c1-18-10-2-3-12-9(6-10)7-13(19-12)11-8-14(17)16-5-4-15-11/h2-3,6-7,11,15H,4-5,8H2,1H3,(H,16,17). The Morgan fingerprint density at radius 2 is 2.21 bits per heavy atom. The van der Waals surface area contributed by atoms with Crippen LogP contribution >= 0.6 is 0 Å². The number of carbonyl (C=O) groups excluding carboxylic acids is 1. The summed E-state index contributed by atoms with van der Waals surface area (Å²) in [5, 5.41) is 7.13. The summed E-state index contributed by atoms with van der Waals surface area (Å²) in [5.41, 5.74) is 0.808. The first-order chi connectivity index (χ1) is 9.26. The van der Waals surface area contributed by atoms with Crippen molar-refractivity contribution in [1.82, 2.24) is 10.6 Å². The third-order valence-electron chi connectivity index (χ3n) is 3.31. The van der Waals surface area contributed by atoms with Gasteiger partial charge in [0.2, 0.25) is 5.91 Å². The molecular formula is C14H16N2O3. The molecule has 100 valence electrons. The summed E-state index contributed by atoms with van der Waals surface area (Å²) in [6.45, 7) is 1.40. The van der Waals surface area contributed by atoms with E-state index in [0.717, 1.165) is 29.0 Å². The molecule has 2 N–H and O–H groups in total. The highest BCUT2D eigenvalue weighted by Gasteiger charge is 2.21. The fraction of sp³-hybridized carbons (Fsp3) is 0.357. The van der Waals surface area contributed by atoms with Gasteiger partial charge in [-0.05, 0) is 24.3 Å². The quantitative estimate of drug-likeness (QED) is 0.860. The van der Waals surface area contributed by atoms with Crippen molar-refractivity contribution >= 4 is 16.9 Å². The fourth-order valence-electron chi connectivity index (χ4n) is 2.32. The number of hydrogen-bond donors (Lipinski definition) is 2. The Labute approximate surface area is 110 Å². The zero-order chi connectivity index (χ0) is 13.2. The molecule has 1 atom stereocenters. The maximum absolute atomic E-state index is 11.6. The van der Waals surface area contributed by atoms with Gasteiger partial charge in [0.05, 0.1) is 13.2 Å². The van der Waals surface area contributed by atoms with Crippen molar-refractivity contribution in [3.8, 4) is 5.75 Å². The third kappa shape index (κ3) is 2.42. The lowest BCUT2D eigenvalue weighted by molar-refractivity contribution is -0.121. The first-order valence-corrected chi connectivity index (χ1v) is 6.34. The number of carbonyl (C=O) groups is 1. The van der Waals surface area contributed by atoms with Gasteiger partial charge in [0.15, 0.2) is 0 Å². The van der Waals surface area contributed by atoms with E-state index in [1.807, 2.05) is 24.3 Å². The molecule has 1 aliphatic rings. The predicted molar refractivity (Wildman–Crippen MR) is 71.1 cm³/mol. The number of methoxy groups -OCH3 is 1. The molecule has 1 aromatic heterocycles. The van der Waals surface area contributed by atoms with Crippen LogP contribution in [0, 0.1) is 0 Å². The zero-order valence-corrected chi connectivity index (χ0v) is 10.7. The number of ether oxygens (including phenoxy) is 1. The van der Waals surface area contributed by atoms with E-state index in [1.165, 1.54) is 0 Å². The van der Waals surface area contributed by atoms with E-state index >= 15 is 0 Å². The van der Waals surface area contributed by atoms with E-state index in [4.69, 9.17) is 9.15 Å². The summed E-state index contributed by atoms with van der Waals surface area (Å²) >= 11 is 0. The number of nitrogens with one attached hydrogen (secondary N) is 2. The van der Waals surface area contributed by atoms with Crippen LogP contribution in [-0.4, -0.2) is 26.1 Å². The lowest BCUT2D eigenvalue weighted by Gasteiger charge is -2.10. The molecule has 19 heavy (non-hydrogen) atoms. The van der Waals surface area contributed by atoms with Crippen molar-refractivity contribution < 1.29 is 13.9 Å². The third-order valence-corrected chi connectivity index (χ3v) is 3.31. The smallest absolute Gasteiger partial charge is 0.222 e. The molecule has 0 radical (unpaired) electrons. The molecule has 0 saturated carbocycles. The van der Waals surface area contributed by atoms with Crippen molar-refractivity contribution in [2.24, 2.45) is 0 Å². The van der Waals surface area contributed by atoms with Gasteiger partial charge in [0, 0.05) is 24.9 Å². The average Bonchev–Trinajstić information content (AvgIpc) is 2.72. The molecule has 1 amide bonds. The van der Waals surface area contributed by atoms with Crippen molar-refractivity contribution in [3.05, 3.63) is 30.0 Å². The van der Waals surface area contributed by atoms with Gasteiger partial charge in [0.1, 0.15) is 17.1 Å². The van der Waals surface area contributed by atoms with Crippen molar-refractivity contribution in [2.75, 3.05) is 20.2 Å². The molecule has 2 aromatic rings. The van der Waals surface area contributed by atoms with Crippen molar-refractivity contribution in [1.29, 1.82) is 0 Å². The van der Waals surface area contributed by atoms with Crippen LogP contribution < -0.4 is 15.4 Å². The van der Waals surface area contributed by atoms with Crippen LogP contribution in [0.5, 0.6) is 5.75 Å². The van der Waals surface area contributed by atoms with Crippen LogP contribution in [-0.2, 0) is 4.79 Å². The molecule has 1 saturated heterocycles. The largest absolute Gasteiger partial charge is 0.497 e. The van der Waals surface area contributed by atoms with Gasteiger partial charge in [-0.1, -0.05) is 0 Å². The summed E-state index contributed by atoms with van der Waals surface area (Å²) in [4.78, 5) is 11.6. The van der Waals surface area contributed by atoms with Crippen LogP contribution in [0.2, 0.25) is 0 Å². The van der Waals surface area contributed by atoms with Crippen molar-refractivity contribution in [3.63, 3.8) is 0 Å². The molecule has 1 fully saturated rings. The Kier molecular flexibility index (Phi) is 3.13. The molecule has 0 aliphatic carbocycles. The van der Waals surface area contributed by atoms with Gasteiger partial charge >= 0.3 is 0 Å².